The lowest BCUT2D eigenvalue weighted by Gasteiger charge is -2.12. The molecular weight excluding hydrogens is 450 g/mol. The molecule has 134 valence electrons. The summed E-state index contributed by atoms with van der Waals surface area (Å²) in [7, 11) is 0. The van der Waals surface area contributed by atoms with Crippen LogP contribution in [0.1, 0.15) is 5.56 Å². The fraction of sp³-hybridized carbons (Fsp3) is 0.235. The molecule has 2 rings (SSSR count). The molecule has 0 unspecified atom stereocenters. The first-order chi connectivity index (χ1) is 11.9. The van der Waals surface area contributed by atoms with Crippen LogP contribution >= 0.6 is 22.6 Å². The molecule has 0 aliphatic carbocycles. The van der Waals surface area contributed by atoms with E-state index in [-0.39, 0.29) is 25.5 Å². The van der Waals surface area contributed by atoms with Crippen LogP contribution in [0.4, 0.5) is 18.9 Å². The van der Waals surface area contributed by atoms with Crippen LogP contribution < -0.4 is 10.1 Å². The van der Waals surface area contributed by atoms with E-state index >= 15 is 0 Å². The van der Waals surface area contributed by atoms with Crippen molar-refractivity contribution in [1.82, 2.24) is 0 Å². The zero-order chi connectivity index (χ0) is 18.3. The Morgan fingerprint density at radius 1 is 1.08 bits per heavy atom. The monoisotopic (exact) mass is 465 g/mol. The summed E-state index contributed by atoms with van der Waals surface area (Å²) >= 11 is 1.85. The molecule has 0 saturated heterocycles. The largest absolute Gasteiger partial charge is 0.491 e. The van der Waals surface area contributed by atoms with Crippen LogP contribution in [0.2, 0.25) is 0 Å². The van der Waals surface area contributed by atoms with Gasteiger partial charge >= 0.3 is 6.18 Å². The Bertz CT molecular complexity index is 708. The molecule has 8 heteroatoms. The molecule has 1 amide bonds. The maximum atomic E-state index is 12.7. The van der Waals surface area contributed by atoms with E-state index < -0.39 is 17.6 Å². The van der Waals surface area contributed by atoms with Crippen LogP contribution in [0.5, 0.6) is 5.75 Å². The van der Waals surface area contributed by atoms with Gasteiger partial charge in [-0.1, -0.05) is 18.2 Å². The predicted octanol–water partition coefficient (Wildman–Crippen LogP) is 4.34. The molecule has 0 aliphatic heterocycles. The molecular formula is C17H15F3INO3. The summed E-state index contributed by atoms with van der Waals surface area (Å²) < 4.78 is 49.2. The summed E-state index contributed by atoms with van der Waals surface area (Å²) in [6.07, 6.45) is -4.46. The number of hydrogen-bond donors (Lipinski definition) is 1. The Labute approximate surface area is 156 Å². The molecule has 1 N–H and O–H groups in total. The third kappa shape index (κ3) is 6.54. The minimum Gasteiger partial charge on any atom is -0.491 e. The normalized spacial score (nSPS) is 11.2. The van der Waals surface area contributed by atoms with E-state index in [4.69, 9.17) is 9.47 Å². The molecule has 0 saturated carbocycles. The third-order valence-electron chi connectivity index (χ3n) is 3.04. The number of halogens is 4. The molecule has 0 heterocycles. The van der Waals surface area contributed by atoms with Crippen molar-refractivity contribution in [3.05, 3.63) is 57.7 Å². The Morgan fingerprint density at radius 2 is 1.80 bits per heavy atom. The molecule has 0 fully saturated rings. The Kier molecular flexibility index (Phi) is 7.06. The van der Waals surface area contributed by atoms with Gasteiger partial charge in [0.15, 0.2) is 0 Å². The van der Waals surface area contributed by atoms with Crippen LogP contribution in [-0.4, -0.2) is 25.7 Å². The van der Waals surface area contributed by atoms with Crippen molar-refractivity contribution >= 4 is 34.2 Å². The number of amides is 1. The second kappa shape index (κ2) is 9.04. The van der Waals surface area contributed by atoms with Crippen LogP contribution in [0.15, 0.2) is 48.5 Å². The zero-order valence-corrected chi connectivity index (χ0v) is 15.1. The number of carbonyl (C=O) groups is 1. The molecule has 0 radical (unpaired) electrons. The second-order valence-electron chi connectivity index (χ2n) is 4.95. The third-order valence-corrected chi connectivity index (χ3v) is 3.98. The van der Waals surface area contributed by atoms with Crippen molar-refractivity contribution < 1.29 is 27.4 Å². The summed E-state index contributed by atoms with van der Waals surface area (Å²) in [6, 6.07) is 12.3. The number of anilines is 1. The Morgan fingerprint density at radius 3 is 2.48 bits per heavy atom. The van der Waals surface area contributed by atoms with E-state index in [1.807, 2.05) is 40.8 Å². The number of carbonyl (C=O) groups excluding carboxylic acids is 1. The molecule has 25 heavy (non-hydrogen) atoms. The van der Waals surface area contributed by atoms with Gasteiger partial charge in [-0.25, -0.2) is 0 Å². The highest BCUT2D eigenvalue weighted by molar-refractivity contribution is 14.1. The van der Waals surface area contributed by atoms with E-state index in [0.29, 0.717) is 9.32 Å². The van der Waals surface area contributed by atoms with Crippen LogP contribution in [0.3, 0.4) is 0 Å². The first-order valence-electron chi connectivity index (χ1n) is 7.28. The van der Waals surface area contributed by atoms with Gasteiger partial charge in [0, 0.05) is 3.57 Å². The van der Waals surface area contributed by atoms with Gasteiger partial charge in [-0.3, -0.25) is 4.79 Å². The summed E-state index contributed by atoms with van der Waals surface area (Å²) in [5.41, 5.74) is -0.718. The Hall–Kier alpha value is -1.81. The molecule has 2 aromatic rings. The van der Waals surface area contributed by atoms with E-state index in [1.165, 1.54) is 6.07 Å². The van der Waals surface area contributed by atoms with Crippen molar-refractivity contribution in [3.8, 4) is 5.75 Å². The van der Waals surface area contributed by atoms with Crippen molar-refractivity contribution in [2.75, 3.05) is 25.1 Å². The number of hydrogen-bond acceptors (Lipinski definition) is 3. The average Bonchev–Trinajstić information content (AvgIpc) is 2.56. The minimum atomic E-state index is -4.46. The second-order valence-corrected chi connectivity index (χ2v) is 6.12. The molecule has 4 nitrogen and oxygen atoms in total. The number of para-hydroxylation sites is 1. The first-order valence-corrected chi connectivity index (χ1v) is 8.36. The Balaban J connectivity index is 1.77. The highest BCUT2D eigenvalue weighted by Crippen LogP contribution is 2.32. The maximum Gasteiger partial charge on any atom is 0.416 e. The SMILES string of the molecule is O=C(COCCOc1ccccc1)Nc1cc(C(F)(F)F)ccc1I. The molecule has 0 spiro atoms. The minimum absolute atomic E-state index is 0.101. The quantitative estimate of drug-likeness (QED) is 0.489. The lowest BCUT2D eigenvalue weighted by molar-refractivity contribution is -0.137. The highest BCUT2D eigenvalue weighted by Gasteiger charge is 2.31. The smallest absolute Gasteiger partial charge is 0.416 e. The van der Waals surface area contributed by atoms with Crippen molar-refractivity contribution in [2.45, 2.75) is 6.18 Å². The number of ether oxygens (including phenoxy) is 2. The van der Waals surface area contributed by atoms with Gasteiger partial charge in [-0.05, 0) is 52.9 Å². The molecule has 2 aromatic carbocycles. The van der Waals surface area contributed by atoms with Gasteiger partial charge < -0.3 is 14.8 Å². The van der Waals surface area contributed by atoms with Gasteiger partial charge in [-0.2, -0.15) is 13.2 Å². The van der Waals surface area contributed by atoms with Crippen LogP contribution in [0, 0.1) is 3.57 Å². The zero-order valence-electron chi connectivity index (χ0n) is 13.0. The van der Waals surface area contributed by atoms with Crippen molar-refractivity contribution in [3.63, 3.8) is 0 Å². The fourth-order valence-electron chi connectivity index (χ4n) is 1.88. The number of alkyl halides is 3. The van der Waals surface area contributed by atoms with Gasteiger partial charge in [0.25, 0.3) is 0 Å². The number of benzene rings is 2. The summed E-state index contributed by atoms with van der Waals surface area (Å²) in [6.45, 7) is 0.171. The number of rotatable bonds is 7. The van der Waals surface area contributed by atoms with Gasteiger partial charge in [-0.15, -0.1) is 0 Å². The van der Waals surface area contributed by atoms with Crippen molar-refractivity contribution in [1.29, 1.82) is 0 Å². The summed E-state index contributed by atoms with van der Waals surface area (Å²) in [4.78, 5) is 11.8. The van der Waals surface area contributed by atoms with Gasteiger partial charge in [0.1, 0.15) is 19.0 Å². The lowest BCUT2D eigenvalue weighted by Crippen LogP contribution is -2.21. The fourth-order valence-corrected chi connectivity index (χ4v) is 2.35. The average molecular weight is 465 g/mol. The van der Waals surface area contributed by atoms with E-state index in [1.54, 1.807) is 12.1 Å². The predicted molar refractivity (Wildman–Crippen MR) is 95.5 cm³/mol. The maximum absolute atomic E-state index is 12.7. The van der Waals surface area contributed by atoms with E-state index in [2.05, 4.69) is 5.32 Å². The molecule has 0 atom stereocenters. The molecule has 0 aliphatic rings. The lowest BCUT2D eigenvalue weighted by atomic mass is 10.2. The van der Waals surface area contributed by atoms with E-state index in [9.17, 15) is 18.0 Å². The van der Waals surface area contributed by atoms with E-state index in [0.717, 1.165) is 12.1 Å². The highest BCUT2D eigenvalue weighted by atomic mass is 127. The first kappa shape index (κ1) is 19.5. The van der Waals surface area contributed by atoms with Crippen molar-refractivity contribution in [2.24, 2.45) is 0 Å². The van der Waals surface area contributed by atoms with Gasteiger partial charge in [0.05, 0.1) is 17.9 Å². The number of nitrogens with one attached hydrogen (secondary N) is 1. The van der Waals surface area contributed by atoms with Crippen LogP contribution in [0.25, 0.3) is 0 Å². The van der Waals surface area contributed by atoms with Gasteiger partial charge in [0.2, 0.25) is 5.91 Å². The van der Waals surface area contributed by atoms with Crippen LogP contribution in [-0.2, 0) is 15.7 Å². The molecule has 0 aromatic heterocycles. The summed E-state index contributed by atoms with van der Waals surface area (Å²) in [5, 5.41) is 2.42. The molecule has 0 bridgehead atoms. The topological polar surface area (TPSA) is 47.6 Å². The standard InChI is InChI=1S/C17H15F3INO3/c18-17(19,20)12-6-7-14(21)15(10-12)22-16(23)11-24-8-9-25-13-4-2-1-3-5-13/h1-7,10H,8-9,11H2,(H,22,23). The summed E-state index contributed by atoms with van der Waals surface area (Å²) in [5.74, 6) is 0.158.